The van der Waals surface area contributed by atoms with Gasteiger partial charge in [-0.2, -0.15) is 5.26 Å². The van der Waals surface area contributed by atoms with Crippen molar-refractivity contribution in [3.8, 4) is 11.8 Å². The quantitative estimate of drug-likeness (QED) is 0.602. The molecule has 2 heterocycles. The average molecular weight is 460 g/mol. The van der Waals surface area contributed by atoms with Crippen molar-refractivity contribution in [3.63, 3.8) is 0 Å². The highest BCUT2D eigenvalue weighted by Gasteiger charge is 2.24. The molecule has 0 radical (unpaired) electrons. The Morgan fingerprint density at radius 3 is 2.48 bits per heavy atom. The number of nitriles is 1. The Morgan fingerprint density at radius 2 is 1.82 bits per heavy atom. The normalized spacial score (nSPS) is 15.3. The van der Waals surface area contributed by atoms with Gasteiger partial charge in [-0.3, -0.25) is 14.2 Å². The second kappa shape index (κ2) is 9.57. The van der Waals surface area contributed by atoms with Crippen LogP contribution in [0, 0.1) is 32.1 Å². The summed E-state index contributed by atoms with van der Waals surface area (Å²) in [6.07, 6.45) is 1.82. The minimum Gasteiger partial charge on any atom is -0.378 e. The monoisotopic (exact) mass is 459 g/mol. The van der Waals surface area contributed by atoms with E-state index in [0.29, 0.717) is 41.2 Å². The zero-order valence-electron chi connectivity index (χ0n) is 18.9. The molecule has 7 heteroatoms. The fourth-order valence-electron chi connectivity index (χ4n) is 3.95. The molecule has 6 nitrogen and oxygen atoms in total. The molecule has 1 fully saturated rings. The van der Waals surface area contributed by atoms with Crippen LogP contribution in [0.25, 0.3) is 17.3 Å². The molecule has 4 rings (SSSR count). The fourth-order valence-corrected chi connectivity index (χ4v) is 5.04. The van der Waals surface area contributed by atoms with Crippen molar-refractivity contribution in [1.29, 1.82) is 5.26 Å². The minimum absolute atomic E-state index is 0.0251. The molecule has 0 spiro atoms. The lowest BCUT2D eigenvalue weighted by atomic mass is 10.1. The lowest BCUT2D eigenvalue weighted by Gasteiger charge is -2.26. The van der Waals surface area contributed by atoms with E-state index in [0.717, 1.165) is 22.3 Å². The summed E-state index contributed by atoms with van der Waals surface area (Å²) in [5.74, 6) is -0.373. The molecule has 1 amide bonds. The Kier molecular flexibility index (Phi) is 6.59. The number of rotatable bonds is 3. The number of morpholine rings is 1. The molecular formula is C26H25N3O3S. The van der Waals surface area contributed by atoms with Crippen molar-refractivity contribution >= 4 is 28.9 Å². The first-order valence-electron chi connectivity index (χ1n) is 10.8. The number of ether oxygens (including phenoxy) is 1. The summed E-state index contributed by atoms with van der Waals surface area (Å²) in [5.41, 5.74) is 4.35. The highest BCUT2D eigenvalue weighted by molar-refractivity contribution is 7.07. The zero-order valence-corrected chi connectivity index (χ0v) is 19.7. The molecule has 3 aromatic rings. The Labute approximate surface area is 196 Å². The first kappa shape index (κ1) is 22.7. The van der Waals surface area contributed by atoms with Gasteiger partial charge in [-0.15, -0.1) is 11.3 Å². The minimum atomic E-state index is -0.373. The second-order valence-electron chi connectivity index (χ2n) is 8.15. The van der Waals surface area contributed by atoms with Gasteiger partial charge >= 0.3 is 0 Å². The van der Waals surface area contributed by atoms with Crippen molar-refractivity contribution in [1.82, 2.24) is 9.47 Å². The van der Waals surface area contributed by atoms with E-state index in [4.69, 9.17) is 4.74 Å². The number of carbonyl (C=O) groups is 1. The third-order valence-electron chi connectivity index (χ3n) is 5.59. The van der Waals surface area contributed by atoms with Crippen molar-refractivity contribution < 1.29 is 9.53 Å². The van der Waals surface area contributed by atoms with Crippen LogP contribution in [-0.2, 0) is 9.53 Å². The highest BCUT2D eigenvalue weighted by atomic mass is 32.1. The molecule has 33 heavy (non-hydrogen) atoms. The van der Waals surface area contributed by atoms with Gasteiger partial charge in [0.05, 0.1) is 23.4 Å². The molecule has 0 bridgehead atoms. The standard InChI is InChI=1S/C26H25N3O3S/c1-17-5-4-6-20(14-17)15-23-25(31)29(22-8-7-18(2)13-19(22)3)26(33-23)21(16-27)24(30)28-9-11-32-12-10-28/h4-8,13-15H,9-12H2,1-3H3/b23-15-,26-21-. The molecule has 168 valence electrons. The number of benzene rings is 2. The van der Waals surface area contributed by atoms with Crippen LogP contribution < -0.4 is 14.8 Å². The van der Waals surface area contributed by atoms with Gasteiger partial charge in [0.2, 0.25) is 0 Å². The van der Waals surface area contributed by atoms with Crippen molar-refractivity contribution in [2.45, 2.75) is 20.8 Å². The predicted octanol–water partition coefficient (Wildman–Crippen LogP) is 2.19. The second-order valence-corrected chi connectivity index (χ2v) is 9.18. The lowest BCUT2D eigenvalue weighted by Crippen LogP contribution is -2.42. The molecular weight excluding hydrogens is 434 g/mol. The van der Waals surface area contributed by atoms with E-state index in [2.05, 4.69) is 6.07 Å². The molecule has 2 aromatic carbocycles. The van der Waals surface area contributed by atoms with Gasteiger partial charge in [0.25, 0.3) is 11.5 Å². The van der Waals surface area contributed by atoms with Gasteiger partial charge in [-0.1, -0.05) is 47.5 Å². The van der Waals surface area contributed by atoms with Gasteiger partial charge in [0.1, 0.15) is 10.7 Å². The van der Waals surface area contributed by atoms with E-state index in [1.165, 1.54) is 15.9 Å². The highest BCUT2D eigenvalue weighted by Crippen LogP contribution is 2.14. The number of nitrogens with zero attached hydrogens (tertiary/aromatic N) is 3. The number of hydrogen-bond donors (Lipinski definition) is 0. The van der Waals surface area contributed by atoms with Crippen molar-refractivity contribution in [2.75, 3.05) is 26.3 Å². The maximum absolute atomic E-state index is 13.6. The smallest absolute Gasteiger partial charge is 0.273 e. The molecule has 1 saturated heterocycles. The van der Waals surface area contributed by atoms with Crippen LogP contribution in [0.2, 0.25) is 0 Å². The summed E-state index contributed by atoms with van der Waals surface area (Å²) in [5, 5.41) is 10.0. The van der Waals surface area contributed by atoms with Crippen molar-refractivity contribution in [3.05, 3.63) is 84.3 Å². The van der Waals surface area contributed by atoms with Crippen LogP contribution in [0.5, 0.6) is 0 Å². The average Bonchev–Trinajstić information content (AvgIpc) is 3.10. The SMILES string of the molecule is Cc1cccc(/C=c2\s/c(=C(/C#N)C(=O)N3CCOCC3)n(-c3ccc(C)cc3C)c2=O)c1. The maximum Gasteiger partial charge on any atom is 0.273 e. The van der Waals surface area contributed by atoms with Crippen LogP contribution in [-0.4, -0.2) is 41.7 Å². The molecule has 1 aromatic heterocycles. The molecule has 0 saturated carbocycles. The summed E-state index contributed by atoms with van der Waals surface area (Å²) in [7, 11) is 0. The zero-order chi connectivity index (χ0) is 23.5. The van der Waals surface area contributed by atoms with E-state index >= 15 is 0 Å². The third kappa shape index (κ3) is 4.68. The van der Waals surface area contributed by atoms with E-state index in [-0.39, 0.29) is 17.0 Å². The van der Waals surface area contributed by atoms with Crippen LogP contribution in [0.15, 0.2) is 47.3 Å². The number of thiazole rings is 1. The van der Waals surface area contributed by atoms with Gasteiger partial charge in [-0.25, -0.2) is 0 Å². The molecule has 0 atom stereocenters. The van der Waals surface area contributed by atoms with Crippen LogP contribution in [0.3, 0.4) is 0 Å². The summed E-state index contributed by atoms with van der Waals surface area (Å²) < 4.78 is 7.68. The molecule has 1 aliphatic rings. The lowest BCUT2D eigenvalue weighted by molar-refractivity contribution is -0.128. The maximum atomic E-state index is 13.6. The molecule has 1 aliphatic heterocycles. The van der Waals surface area contributed by atoms with Gasteiger partial charge in [-0.05, 0) is 44.0 Å². The first-order valence-corrected chi connectivity index (χ1v) is 11.6. The molecule has 0 aliphatic carbocycles. The van der Waals surface area contributed by atoms with E-state index in [9.17, 15) is 14.9 Å². The number of amides is 1. The Balaban J connectivity index is 2.03. The topological polar surface area (TPSA) is 75.3 Å². The summed E-state index contributed by atoms with van der Waals surface area (Å²) >= 11 is 1.18. The summed E-state index contributed by atoms with van der Waals surface area (Å²) in [6, 6.07) is 15.7. The van der Waals surface area contributed by atoms with Crippen molar-refractivity contribution in [2.24, 2.45) is 0 Å². The Morgan fingerprint density at radius 1 is 1.09 bits per heavy atom. The number of aromatic nitrogens is 1. The van der Waals surface area contributed by atoms with Gasteiger partial charge in [0, 0.05) is 13.1 Å². The number of aryl methyl sites for hydroxylation is 3. The Hall–Kier alpha value is -3.47. The van der Waals surface area contributed by atoms with Gasteiger partial charge < -0.3 is 9.64 Å². The summed E-state index contributed by atoms with van der Waals surface area (Å²) in [6.45, 7) is 7.62. The van der Waals surface area contributed by atoms with Crippen LogP contribution >= 0.6 is 11.3 Å². The largest absolute Gasteiger partial charge is 0.378 e. The van der Waals surface area contributed by atoms with Crippen LogP contribution in [0.1, 0.15) is 22.3 Å². The van der Waals surface area contributed by atoms with E-state index in [1.54, 1.807) is 4.90 Å². The third-order valence-corrected chi connectivity index (χ3v) is 6.69. The van der Waals surface area contributed by atoms with E-state index in [1.807, 2.05) is 69.3 Å². The van der Waals surface area contributed by atoms with E-state index < -0.39 is 0 Å². The number of hydrogen-bond acceptors (Lipinski definition) is 5. The number of carbonyl (C=O) groups excluding carboxylic acids is 1. The molecule has 0 N–H and O–H groups in total. The van der Waals surface area contributed by atoms with Gasteiger partial charge in [0.15, 0.2) is 5.57 Å². The predicted molar refractivity (Wildman–Crippen MR) is 130 cm³/mol. The first-order chi connectivity index (χ1) is 15.9. The fraction of sp³-hybridized carbons (Fsp3) is 0.269. The molecule has 0 unspecified atom stereocenters. The Bertz CT molecular complexity index is 1440. The summed E-state index contributed by atoms with van der Waals surface area (Å²) in [4.78, 5) is 28.5. The van der Waals surface area contributed by atoms with Crippen LogP contribution in [0.4, 0.5) is 0 Å².